The predicted octanol–water partition coefficient (Wildman–Crippen LogP) is 3.74. The minimum absolute atomic E-state index is 0.0371. The summed E-state index contributed by atoms with van der Waals surface area (Å²) in [4.78, 5) is 12.3. The number of tetrazole rings is 1. The first-order valence-corrected chi connectivity index (χ1v) is 9.40. The van der Waals surface area contributed by atoms with Crippen molar-refractivity contribution in [1.82, 2.24) is 25.5 Å². The molecule has 2 aromatic rings. The molecule has 1 aromatic carbocycles. The number of rotatable bonds is 6. The van der Waals surface area contributed by atoms with Gasteiger partial charge in [-0.15, -0.1) is 5.10 Å². The smallest absolute Gasteiger partial charge is 0.230 e. The van der Waals surface area contributed by atoms with Crippen molar-refractivity contribution in [2.75, 3.05) is 5.75 Å². The summed E-state index contributed by atoms with van der Waals surface area (Å²) in [6, 6.07) is 7.20. The van der Waals surface area contributed by atoms with Crippen molar-refractivity contribution in [1.29, 1.82) is 0 Å². The lowest BCUT2D eigenvalue weighted by atomic mass is 9.82. The Labute approximate surface area is 157 Å². The monoisotopic (exact) mass is 381 g/mol. The van der Waals surface area contributed by atoms with E-state index in [0.29, 0.717) is 10.2 Å². The van der Waals surface area contributed by atoms with E-state index in [9.17, 15) is 4.79 Å². The Kier molecular flexibility index (Phi) is 6.11. The highest BCUT2D eigenvalue weighted by molar-refractivity contribution is 7.99. The van der Waals surface area contributed by atoms with Crippen LogP contribution in [0.5, 0.6) is 0 Å². The van der Waals surface area contributed by atoms with Crippen LogP contribution in [0.25, 0.3) is 5.69 Å². The fourth-order valence-corrected chi connectivity index (χ4v) is 3.74. The van der Waals surface area contributed by atoms with E-state index in [-0.39, 0.29) is 22.6 Å². The molecule has 0 spiro atoms. The van der Waals surface area contributed by atoms with Crippen molar-refractivity contribution in [2.45, 2.75) is 51.7 Å². The van der Waals surface area contributed by atoms with Gasteiger partial charge in [-0.25, -0.2) is 0 Å². The van der Waals surface area contributed by atoms with E-state index in [0.717, 1.165) is 12.1 Å². The molecule has 2 rings (SSSR count). The van der Waals surface area contributed by atoms with Gasteiger partial charge in [-0.3, -0.25) is 4.79 Å². The molecule has 0 aliphatic carbocycles. The van der Waals surface area contributed by atoms with E-state index < -0.39 is 0 Å². The first-order valence-electron chi connectivity index (χ1n) is 8.04. The number of halogens is 1. The first-order chi connectivity index (χ1) is 11.6. The molecule has 1 N–H and O–H groups in total. The summed E-state index contributed by atoms with van der Waals surface area (Å²) < 4.78 is 1.59. The normalized spacial score (nSPS) is 12.2. The van der Waals surface area contributed by atoms with Crippen LogP contribution in [0.1, 0.15) is 41.0 Å². The van der Waals surface area contributed by atoms with Gasteiger partial charge < -0.3 is 5.32 Å². The standard InChI is InChI=1S/C17H24ClN5OS/c1-16(2,3)11-17(4,5)19-14(24)10-25-15-20-21-22-23(15)13-8-6-12(18)7-9-13/h6-9H,10-11H2,1-5H3,(H,19,24). The fourth-order valence-electron chi connectivity index (χ4n) is 2.93. The highest BCUT2D eigenvalue weighted by atomic mass is 35.5. The Morgan fingerprint density at radius 3 is 2.44 bits per heavy atom. The zero-order chi connectivity index (χ0) is 18.7. The third-order valence-corrected chi connectivity index (χ3v) is 4.47. The average Bonchev–Trinajstić information content (AvgIpc) is 2.91. The number of carbonyl (C=O) groups excluding carboxylic acids is 1. The van der Waals surface area contributed by atoms with E-state index in [1.54, 1.807) is 16.8 Å². The van der Waals surface area contributed by atoms with Crippen LogP contribution in [0.15, 0.2) is 29.4 Å². The summed E-state index contributed by atoms with van der Waals surface area (Å²) in [5, 5.41) is 16.0. The van der Waals surface area contributed by atoms with Crippen molar-refractivity contribution in [3.8, 4) is 5.69 Å². The first kappa shape index (κ1) is 19.7. The number of amides is 1. The summed E-state index contributed by atoms with van der Waals surface area (Å²) >= 11 is 7.21. The molecule has 1 heterocycles. The SMILES string of the molecule is CC(C)(C)CC(C)(C)NC(=O)CSc1nnnn1-c1ccc(Cl)cc1. The van der Waals surface area contributed by atoms with Gasteiger partial charge in [0.15, 0.2) is 0 Å². The van der Waals surface area contributed by atoms with Crippen LogP contribution in [-0.2, 0) is 4.79 Å². The van der Waals surface area contributed by atoms with E-state index >= 15 is 0 Å². The predicted molar refractivity (Wildman–Crippen MR) is 101 cm³/mol. The van der Waals surface area contributed by atoms with Gasteiger partial charge in [0.1, 0.15) is 0 Å². The summed E-state index contributed by atoms with van der Waals surface area (Å²) in [5.41, 5.74) is 0.672. The Morgan fingerprint density at radius 1 is 1.20 bits per heavy atom. The summed E-state index contributed by atoms with van der Waals surface area (Å²) in [6.07, 6.45) is 0.888. The molecule has 0 bridgehead atoms. The molecular formula is C17H24ClN5OS. The molecule has 1 aromatic heterocycles. The molecular weight excluding hydrogens is 358 g/mol. The molecule has 25 heavy (non-hydrogen) atoms. The van der Waals surface area contributed by atoms with Gasteiger partial charge >= 0.3 is 0 Å². The van der Waals surface area contributed by atoms with Crippen LogP contribution >= 0.6 is 23.4 Å². The van der Waals surface area contributed by atoms with Crippen LogP contribution in [0, 0.1) is 5.41 Å². The van der Waals surface area contributed by atoms with Crippen LogP contribution in [0.3, 0.4) is 0 Å². The van der Waals surface area contributed by atoms with E-state index in [1.165, 1.54) is 11.8 Å². The maximum Gasteiger partial charge on any atom is 0.230 e. The second-order valence-electron chi connectivity index (χ2n) is 7.81. The van der Waals surface area contributed by atoms with Crippen molar-refractivity contribution >= 4 is 29.3 Å². The van der Waals surface area contributed by atoms with E-state index in [1.807, 2.05) is 26.0 Å². The van der Waals surface area contributed by atoms with Gasteiger partial charge in [-0.1, -0.05) is 44.1 Å². The van der Waals surface area contributed by atoms with Crippen molar-refractivity contribution in [2.24, 2.45) is 5.41 Å². The summed E-state index contributed by atoms with van der Waals surface area (Å²) in [7, 11) is 0. The number of aromatic nitrogens is 4. The lowest BCUT2D eigenvalue weighted by molar-refractivity contribution is -0.120. The second kappa shape index (κ2) is 7.74. The van der Waals surface area contributed by atoms with Crippen LogP contribution in [0.2, 0.25) is 5.02 Å². The molecule has 0 aliphatic rings. The highest BCUT2D eigenvalue weighted by Crippen LogP contribution is 2.27. The number of benzene rings is 1. The number of nitrogens with one attached hydrogen (secondary N) is 1. The zero-order valence-corrected chi connectivity index (χ0v) is 16.8. The quantitative estimate of drug-likeness (QED) is 0.771. The van der Waals surface area contributed by atoms with Gasteiger partial charge in [-0.05, 0) is 60.4 Å². The van der Waals surface area contributed by atoms with Crippen molar-refractivity contribution < 1.29 is 4.79 Å². The second-order valence-corrected chi connectivity index (χ2v) is 9.19. The summed E-state index contributed by atoms with van der Waals surface area (Å²) in [5.74, 6) is 0.214. The molecule has 0 saturated carbocycles. The Morgan fingerprint density at radius 2 is 1.84 bits per heavy atom. The molecule has 0 saturated heterocycles. The van der Waals surface area contributed by atoms with Gasteiger partial charge in [0.25, 0.3) is 0 Å². The van der Waals surface area contributed by atoms with E-state index in [2.05, 4.69) is 41.6 Å². The molecule has 0 radical (unpaired) electrons. The van der Waals surface area contributed by atoms with Gasteiger partial charge in [-0.2, -0.15) is 4.68 Å². The number of hydrogen-bond donors (Lipinski definition) is 1. The lowest BCUT2D eigenvalue weighted by Gasteiger charge is -2.33. The average molecular weight is 382 g/mol. The van der Waals surface area contributed by atoms with Gasteiger partial charge in [0.05, 0.1) is 11.4 Å². The Balaban J connectivity index is 1.97. The maximum atomic E-state index is 12.3. The lowest BCUT2D eigenvalue weighted by Crippen LogP contribution is -2.46. The molecule has 0 atom stereocenters. The zero-order valence-electron chi connectivity index (χ0n) is 15.2. The highest BCUT2D eigenvalue weighted by Gasteiger charge is 2.27. The number of hydrogen-bond acceptors (Lipinski definition) is 5. The maximum absolute atomic E-state index is 12.3. The number of thioether (sulfide) groups is 1. The fraction of sp³-hybridized carbons (Fsp3) is 0.529. The molecule has 1 amide bonds. The van der Waals surface area contributed by atoms with Crippen LogP contribution < -0.4 is 5.32 Å². The molecule has 0 fully saturated rings. The third kappa shape index (κ3) is 6.32. The molecule has 8 heteroatoms. The molecule has 0 aliphatic heterocycles. The molecule has 6 nitrogen and oxygen atoms in total. The number of nitrogens with zero attached hydrogens (tertiary/aromatic N) is 4. The Hall–Kier alpha value is -1.60. The minimum Gasteiger partial charge on any atom is -0.350 e. The van der Waals surface area contributed by atoms with E-state index in [4.69, 9.17) is 11.6 Å². The van der Waals surface area contributed by atoms with Gasteiger partial charge in [0, 0.05) is 10.6 Å². The minimum atomic E-state index is -0.266. The topological polar surface area (TPSA) is 72.7 Å². The molecule has 136 valence electrons. The van der Waals surface area contributed by atoms with Crippen LogP contribution in [-0.4, -0.2) is 37.4 Å². The largest absolute Gasteiger partial charge is 0.350 e. The van der Waals surface area contributed by atoms with Crippen molar-refractivity contribution in [3.63, 3.8) is 0 Å². The summed E-state index contributed by atoms with van der Waals surface area (Å²) in [6.45, 7) is 10.6. The number of carbonyl (C=O) groups is 1. The van der Waals surface area contributed by atoms with Gasteiger partial charge in [0.2, 0.25) is 11.1 Å². The Bertz CT molecular complexity index is 721. The molecule has 0 unspecified atom stereocenters. The van der Waals surface area contributed by atoms with Crippen LogP contribution in [0.4, 0.5) is 0 Å². The third-order valence-electron chi connectivity index (χ3n) is 3.29. The van der Waals surface area contributed by atoms with Crippen molar-refractivity contribution in [3.05, 3.63) is 29.3 Å².